The van der Waals surface area contributed by atoms with Crippen LogP contribution < -0.4 is 0 Å². The summed E-state index contributed by atoms with van der Waals surface area (Å²) in [5.74, 6) is -3.15. The highest BCUT2D eigenvalue weighted by atomic mass is 32.2. The molecule has 4 fully saturated rings. The summed E-state index contributed by atoms with van der Waals surface area (Å²) in [5.41, 5.74) is 0. The van der Waals surface area contributed by atoms with Gasteiger partial charge in [-0.05, 0) is 13.8 Å². The van der Waals surface area contributed by atoms with Crippen LogP contribution in [0.1, 0.15) is 13.8 Å². The molecule has 18 nitrogen and oxygen atoms in total. The van der Waals surface area contributed by atoms with Gasteiger partial charge in [0, 0.05) is 0 Å². The predicted molar refractivity (Wildman–Crippen MR) is 128 cm³/mol. The minimum atomic E-state index is -5.02. The van der Waals surface area contributed by atoms with Crippen LogP contribution in [0.5, 0.6) is 0 Å². The highest BCUT2D eigenvalue weighted by molar-refractivity contribution is 7.87. The van der Waals surface area contributed by atoms with Crippen LogP contribution in [-0.2, 0) is 84.4 Å². The Morgan fingerprint density at radius 2 is 0.718 bits per heavy atom. The van der Waals surface area contributed by atoms with Gasteiger partial charge in [0.15, 0.2) is 4.90 Å². The summed E-state index contributed by atoms with van der Waals surface area (Å²) in [5, 5.41) is 0. The highest BCUT2D eigenvalue weighted by Crippen LogP contribution is 2.79. The summed E-state index contributed by atoms with van der Waals surface area (Å²) in [6, 6.07) is 0. The second-order valence-corrected chi connectivity index (χ2v) is 21.6. The fourth-order valence-electron chi connectivity index (χ4n) is 3.76. The van der Waals surface area contributed by atoms with Gasteiger partial charge in [-0.15, -0.1) is 0 Å². The van der Waals surface area contributed by atoms with Gasteiger partial charge in [-0.2, -0.15) is 33.7 Å². The minimum Gasteiger partial charge on any atom is -0.301 e. The number of rotatable bonds is 10. The summed E-state index contributed by atoms with van der Waals surface area (Å²) in [6.07, 6.45) is -5.73. The van der Waals surface area contributed by atoms with E-state index in [1.807, 2.05) is 0 Å². The normalized spacial score (nSPS) is 36.4. The van der Waals surface area contributed by atoms with E-state index in [0.29, 0.717) is 0 Å². The van der Waals surface area contributed by atoms with Crippen LogP contribution >= 0.6 is 15.2 Å². The molecule has 39 heavy (non-hydrogen) atoms. The first-order valence-corrected chi connectivity index (χ1v) is 20.5. The maximum Gasteiger partial charge on any atom is 0.349 e. The van der Waals surface area contributed by atoms with Crippen LogP contribution in [0, 0.1) is 0 Å². The Bertz CT molecular complexity index is 1290. The van der Waals surface area contributed by atoms with Crippen molar-refractivity contribution in [3.63, 3.8) is 0 Å². The molecular formula is C15H26O18P2S4. The molecule has 24 heteroatoms. The summed E-state index contributed by atoms with van der Waals surface area (Å²) < 4.78 is 164. The number of hydrogen-bond acceptors (Lipinski definition) is 18. The predicted octanol–water partition coefficient (Wildman–Crippen LogP) is -0.910. The summed E-state index contributed by atoms with van der Waals surface area (Å²) in [4.78, 5) is -2.43. The van der Waals surface area contributed by atoms with Gasteiger partial charge in [0.25, 0.3) is 40.5 Å². The lowest BCUT2D eigenvalue weighted by atomic mass is 10.5. The van der Waals surface area contributed by atoms with Crippen LogP contribution in [0.3, 0.4) is 0 Å². The molecule has 0 amide bonds. The molecule has 0 aromatic rings. The Morgan fingerprint density at radius 3 is 0.872 bits per heavy atom. The van der Waals surface area contributed by atoms with E-state index in [9.17, 15) is 42.8 Å². The zero-order valence-electron chi connectivity index (χ0n) is 20.3. The molecule has 0 N–H and O–H groups in total. The van der Waals surface area contributed by atoms with E-state index in [2.05, 4.69) is 16.7 Å². The molecule has 4 aliphatic heterocycles. The van der Waals surface area contributed by atoms with Gasteiger partial charge >= 0.3 is 15.2 Å². The lowest BCUT2D eigenvalue weighted by molar-refractivity contribution is 0.0811. The molecule has 0 bridgehead atoms. The highest BCUT2D eigenvalue weighted by Gasteiger charge is 2.63. The van der Waals surface area contributed by atoms with Crippen molar-refractivity contribution in [2.75, 3.05) is 49.4 Å². The molecule has 0 spiro atoms. The lowest BCUT2D eigenvalue weighted by Gasteiger charge is -2.40. The van der Waals surface area contributed by atoms with Crippen LogP contribution in [0.4, 0.5) is 0 Å². The fourth-order valence-corrected chi connectivity index (χ4v) is 13.5. The molecule has 4 saturated heterocycles. The Kier molecular flexibility index (Phi) is 8.65. The molecule has 4 atom stereocenters. The quantitative estimate of drug-likeness (QED) is 0.200. The molecule has 4 unspecified atom stereocenters. The van der Waals surface area contributed by atoms with Crippen molar-refractivity contribution in [1.82, 2.24) is 0 Å². The van der Waals surface area contributed by atoms with Crippen LogP contribution in [0.25, 0.3) is 0 Å². The van der Waals surface area contributed by atoms with Crippen LogP contribution in [-0.4, -0.2) is 112 Å². The van der Waals surface area contributed by atoms with Crippen molar-refractivity contribution in [2.24, 2.45) is 0 Å². The van der Waals surface area contributed by atoms with E-state index in [0.717, 1.165) is 13.8 Å². The van der Waals surface area contributed by atoms with Gasteiger partial charge in [-0.1, -0.05) is 0 Å². The van der Waals surface area contributed by atoms with E-state index in [-0.39, 0.29) is 0 Å². The SMILES string of the molecule is CC(C)(P(=O)(OC1COS(=O)(=O)C1)OC1COS(=O)(=O)C1)P(=O)(OC1COS(=O)(=O)C1)OC1COS(=O)(=O)C1. The Hall–Kier alpha value is -0.0600. The van der Waals surface area contributed by atoms with Crippen molar-refractivity contribution in [2.45, 2.75) is 43.2 Å². The van der Waals surface area contributed by atoms with E-state index >= 15 is 0 Å². The van der Waals surface area contributed by atoms with E-state index in [1.165, 1.54) is 0 Å². The monoisotopic (exact) mass is 684 g/mol. The molecule has 0 radical (unpaired) electrons. The maximum absolute atomic E-state index is 14.4. The first-order chi connectivity index (χ1) is 17.6. The summed E-state index contributed by atoms with van der Waals surface area (Å²) in [6.45, 7) is -0.418. The van der Waals surface area contributed by atoms with E-state index in [4.69, 9.17) is 18.1 Å². The molecule has 0 aromatic heterocycles. The third-order valence-corrected chi connectivity index (χ3v) is 17.3. The Balaban J connectivity index is 1.72. The smallest absolute Gasteiger partial charge is 0.301 e. The Labute approximate surface area is 225 Å². The van der Waals surface area contributed by atoms with Crippen LogP contribution in [0.15, 0.2) is 0 Å². The summed E-state index contributed by atoms with van der Waals surface area (Å²) >= 11 is 0. The molecular weight excluding hydrogens is 658 g/mol. The summed E-state index contributed by atoms with van der Waals surface area (Å²) in [7, 11) is -26.3. The maximum atomic E-state index is 14.4. The van der Waals surface area contributed by atoms with Crippen molar-refractivity contribution in [3.05, 3.63) is 0 Å². The largest absolute Gasteiger partial charge is 0.349 e. The molecule has 0 aliphatic carbocycles. The third kappa shape index (κ3) is 7.30. The lowest BCUT2D eigenvalue weighted by Crippen LogP contribution is -2.35. The molecule has 0 saturated carbocycles. The van der Waals surface area contributed by atoms with E-state index < -0.39 is 134 Å². The van der Waals surface area contributed by atoms with E-state index in [1.54, 1.807) is 0 Å². The average Bonchev–Trinajstić information content (AvgIpc) is 3.48. The Morgan fingerprint density at radius 1 is 0.513 bits per heavy atom. The van der Waals surface area contributed by atoms with Crippen molar-refractivity contribution >= 4 is 55.7 Å². The molecule has 4 rings (SSSR count). The topological polar surface area (TPSA) is 245 Å². The second kappa shape index (κ2) is 10.6. The van der Waals surface area contributed by atoms with Gasteiger partial charge < -0.3 is 18.1 Å². The van der Waals surface area contributed by atoms with Gasteiger partial charge in [0.1, 0.15) is 47.4 Å². The van der Waals surface area contributed by atoms with Crippen molar-refractivity contribution in [3.8, 4) is 0 Å². The second-order valence-electron chi connectivity index (χ2n) is 9.43. The number of hydrogen-bond donors (Lipinski definition) is 0. The zero-order valence-corrected chi connectivity index (χ0v) is 25.4. The average molecular weight is 685 g/mol. The van der Waals surface area contributed by atoms with Gasteiger partial charge in [-0.3, -0.25) is 25.9 Å². The standard InChI is InChI=1S/C15H26O18P2S4/c1-15(2,34(16,30-11-3-26-36(18,19)7-11)31-12-4-27-37(20,21)8-12)35(17,32-13-5-28-38(22,23)9-13)33-14-6-29-39(24,25)10-14/h11-14H,3-10H2,1-2H3. The minimum absolute atomic E-state index is 0.610. The van der Waals surface area contributed by atoms with Gasteiger partial charge in [0.05, 0.1) is 26.4 Å². The molecule has 4 heterocycles. The van der Waals surface area contributed by atoms with Gasteiger partial charge in [-0.25, -0.2) is 0 Å². The van der Waals surface area contributed by atoms with Gasteiger partial charge in [0.2, 0.25) is 0 Å². The molecule has 228 valence electrons. The third-order valence-electron chi connectivity index (χ3n) is 5.79. The first kappa shape index (κ1) is 31.9. The first-order valence-electron chi connectivity index (χ1n) is 11.1. The molecule has 0 aromatic carbocycles. The van der Waals surface area contributed by atoms with Crippen molar-refractivity contribution < 1.29 is 77.6 Å². The zero-order chi connectivity index (χ0) is 29.1. The molecule has 4 aliphatic rings. The van der Waals surface area contributed by atoms with Crippen LogP contribution in [0.2, 0.25) is 0 Å². The fraction of sp³-hybridized carbons (Fsp3) is 1.00. The van der Waals surface area contributed by atoms with Crippen molar-refractivity contribution in [1.29, 1.82) is 0 Å².